The molecule has 2 aromatic rings. The first-order valence-corrected chi connectivity index (χ1v) is 3.96. The number of halogens is 1. The molecular formula is C8H5FN4O2. The number of nitrogens with zero attached hydrogens (tertiary/aromatic N) is 4. The van der Waals surface area contributed by atoms with Gasteiger partial charge in [-0.15, -0.1) is 15.0 Å². The fourth-order valence-electron chi connectivity index (χ4n) is 1.01. The van der Waals surface area contributed by atoms with Crippen molar-refractivity contribution in [3.63, 3.8) is 0 Å². The van der Waals surface area contributed by atoms with Gasteiger partial charge in [-0.05, 0) is 17.3 Å². The molecule has 0 aliphatic rings. The second kappa shape index (κ2) is 3.45. The molecule has 0 saturated carbocycles. The Labute approximate surface area is 83.0 Å². The van der Waals surface area contributed by atoms with E-state index in [1.165, 1.54) is 24.3 Å². The van der Waals surface area contributed by atoms with Gasteiger partial charge in [0.05, 0.1) is 5.69 Å². The fourth-order valence-corrected chi connectivity index (χ4v) is 1.01. The number of tetrazole rings is 1. The molecule has 76 valence electrons. The van der Waals surface area contributed by atoms with E-state index in [4.69, 9.17) is 5.11 Å². The average Bonchev–Trinajstić information content (AvgIpc) is 2.66. The Balaban J connectivity index is 2.41. The lowest BCUT2D eigenvalue weighted by molar-refractivity contribution is 0.0683. The van der Waals surface area contributed by atoms with E-state index in [9.17, 15) is 9.18 Å². The molecule has 6 nitrogen and oxygen atoms in total. The van der Waals surface area contributed by atoms with Gasteiger partial charge in [0.25, 0.3) is 5.82 Å². The minimum atomic E-state index is -1.28. The summed E-state index contributed by atoms with van der Waals surface area (Å²) in [6, 6.07) is 5.44. The largest absolute Gasteiger partial charge is 0.475 e. The lowest BCUT2D eigenvalue weighted by atomic mass is 10.3. The molecule has 0 aliphatic carbocycles. The van der Waals surface area contributed by atoms with Gasteiger partial charge in [-0.25, -0.2) is 9.18 Å². The summed E-state index contributed by atoms with van der Waals surface area (Å²) in [6.07, 6.45) is 0. The molecule has 0 spiro atoms. The molecule has 0 bridgehead atoms. The van der Waals surface area contributed by atoms with Gasteiger partial charge in [-0.2, -0.15) is 0 Å². The summed E-state index contributed by atoms with van der Waals surface area (Å²) >= 11 is 0. The molecule has 1 aromatic heterocycles. The first-order valence-electron chi connectivity index (χ1n) is 3.96. The summed E-state index contributed by atoms with van der Waals surface area (Å²) in [5.74, 6) is -2.17. The Kier molecular flexibility index (Phi) is 2.13. The molecule has 0 fully saturated rings. The Hall–Kier alpha value is -2.31. The highest BCUT2D eigenvalue weighted by atomic mass is 19.1. The molecular weight excluding hydrogens is 203 g/mol. The summed E-state index contributed by atoms with van der Waals surface area (Å²) in [5, 5.41) is 18.9. The molecule has 0 aliphatic heterocycles. The Morgan fingerprint density at radius 2 is 2.27 bits per heavy atom. The number of benzene rings is 1. The standard InChI is InChI=1S/C8H5FN4O2/c9-5-2-1-3-6(4-5)13-11-7(8(14)15)10-12-13/h1-4H,(H,14,15). The Bertz CT molecular complexity index is 511. The number of carbonyl (C=O) groups is 1. The third-order valence-corrected chi connectivity index (χ3v) is 1.64. The van der Waals surface area contributed by atoms with E-state index in [0.717, 1.165) is 4.80 Å². The van der Waals surface area contributed by atoms with Crippen LogP contribution >= 0.6 is 0 Å². The van der Waals surface area contributed by atoms with Crippen molar-refractivity contribution in [1.82, 2.24) is 20.2 Å². The van der Waals surface area contributed by atoms with Crippen molar-refractivity contribution >= 4 is 5.97 Å². The second-order valence-corrected chi connectivity index (χ2v) is 2.69. The van der Waals surface area contributed by atoms with Crippen LogP contribution in [0.4, 0.5) is 4.39 Å². The van der Waals surface area contributed by atoms with E-state index >= 15 is 0 Å². The summed E-state index contributed by atoms with van der Waals surface area (Å²) < 4.78 is 12.8. The zero-order valence-electron chi connectivity index (χ0n) is 7.33. The highest BCUT2D eigenvalue weighted by molar-refractivity contribution is 5.82. The number of rotatable bonds is 2. The van der Waals surface area contributed by atoms with Crippen LogP contribution in [0.5, 0.6) is 0 Å². The molecule has 1 heterocycles. The molecule has 1 N–H and O–H groups in total. The van der Waals surface area contributed by atoms with Gasteiger partial charge in [-0.1, -0.05) is 6.07 Å². The van der Waals surface area contributed by atoms with E-state index in [-0.39, 0.29) is 0 Å². The van der Waals surface area contributed by atoms with Gasteiger partial charge in [-0.3, -0.25) is 0 Å². The van der Waals surface area contributed by atoms with E-state index < -0.39 is 17.6 Å². The smallest absolute Gasteiger partial charge is 0.377 e. The molecule has 0 unspecified atom stereocenters. The predicted octanol–water partition coefficient (Wildman–Crippen LogP) is 0.500. The van der Waals surface area contributed by atoms with E-state index in [1.807, 2.05) is 0 Å². The van der Waals surface area contributed by atoms with E-state index in [2.05, 4.69) is 15.4 Å². The molecule has 0 radical (unpaired) electrons. The second-order valence-electron chi connectivity index (χ2n) is 2.69. The van der Waals surface area contributed by atoms with E-state index in [1.54, 1.807) is 0 Å². The SMILES string of the molecule is O=C(O)c1nnn(-c2cccc(F)c2)n1. The molecule has 15 heavy (non-hydrogen) atoms. The Morgan fingerprint density at radius 3 is 2.87 bits per heavy atom. The summed E-state index contributed by atoms with van der Waals surface area (Å²) in [5.41, 5.74) is 0.315. The lowest BCUT2D eigenvalue weighted by Gasteiger charge is -1.96. The van der Waals surface area contributed by atoms with Crippen molar-refractivity contribution in [3.05, 3.63) is 35.9 Å². The lowest BCUT2D eigenvalue weighted by Crippen LogP contribution is -2.02. The van der Waals surface area contributed by atoms with Crippen LogP contribution in [0, 0.1) is 5.82 Å². The minimum absolute atomic E-state index is 0.315. The van der Waals surface area contributed by atoms with Crippen LogP contribution in [-0.4, -0.2) is 31.3 Å². The van der Waals surface area contributed by atoms with Crippen LogP contribution in [0.3, 0.4) is 0 Å². The third-order valence-electron chi connectivity index (χ3n) is 1.64. The molecule has 1 aromatic carbocycles. The predicted molar refractivity (Wildman–Crippen MR) is 46.1 cm³/mol. The number of carboxylic acids is 1. The van der Waals surface area contributed by atoms with E-state index in [0.29, 0.717) is 5.69 Å². The average molecular weight is 208 g/mol. The summed E-state index contributed by atoms with van der Waals surface area (Å²) in [7, 11) is 0. The fraction of sp³-hybridized carbons (Fsp3) is 0. The quantitative estimate of drug-likeness (QED) is 0.777. The maximum atomic E-state index is 12.8. The Morgan fingerprint density at radius 1 is 1.47 bits per heavy atom. The topological polar surface area (TPSA) is 80.9 Å². The first kappa shape index (κ1) is 9.25. The number of hydrogen-bond donors (Lipinski definition) is 1. The normalized spacial score (nSPS) is 10.2. The molecule has 7 heteroatoms. The molecule has 0 saturated heterocycles. The maximum absolute atomic E-state index is 12.8. The van der Waals surface area contributed by atoms with Crippen LogP contribution in [-0.2, 0) is 0 Å². The number of aromatic carboxylic acids is 1. The van der Waals surface area contributed by atoms with Crippen LogP contribution < -0.4 is 0 Å². The van der Waals surface area contributed by atoms with Crippen molar-refractivity contribution in [1.29, 1.82) is 0 Å². The van der Waals surface area contributed by atoms with Gasteiger partial charge in [0.1, 0.15) is 5.82 Å². The molecule has 0 amide bonds. The van der Waals surface area contributed by atoms with Gasteiger partial charge in [0, 0.05) is 6.07 Å². The van der Waals surface area contributed by atoms with Gasteiger partial charge in [0.2, 0.25) is 0 Å². The first-order chi connectivity index (χ1) is 7.16. The van der Waals surface area contributed by atoms with Crippen LogP contribution in [0.2, 0.25) is 0 Å². The third kappa shape index (κ3) is 1.80. The summed E-state index contributed by atoms with van der Waals surface area (Å²) in [6.45, 7) is 0. The summed E-state index contributed by atoms with van der Waals surface area (Å²) in [4.78, 5) is 11.4. The zero-order valence-corrected chi connectivity index (χ0v) is 7.33. The highest BCUT2D eigenvalue weighted by Crippen LogP contribution is 2.06. The molecule has 0 atom stereocenters. The van der Waals surface area contributed by atoms with Gasteiger partial charge >= 0.3 is 5.97 Å². The number of carboxylic acid groups (broad SMARTS) is 1. The monoisotopic (exact) mass is 208 g/mol. The van der Waals surface area contributed by atoms with Crippen molar-refractivity contribution in [2.45, 2.75) is 0 Å². The van der Waals surface area contributed by atoms with Crippen LogP contribution in [0.1, 0.15) is 10.6 Å². The maximum Gasteiger partial charge on any atom is 0.377 e. The minimum Gasteiger partial charge on any atom is -0.475 e. The van der Waals surface area contributed by atoms with Crippen molar-refractivity contribution < 1.29 is 14.3 Å². The van der Waals surface area contributed by atoms with Crippen LogP contribution in [0.25, 0.3) is 5.69 Å². The highest BCUT2D eigenvalue weighted by Gasteiger charge is 2.11. The van der Waals surface area contributed by atoms with Gasteiger partial charge in [0.15, 0.2) is 0 Å². The number of hydrogen-bond acceptors (Lipinski definition) is 4. The number of aromatic nitrogens is 4. The van der Waals surface area contributed by atoms with Crippen LogP contribution in [0.15, 0.2) is 24.3 Å². The van der Waals surface area contributed by atoms with Gasteiger partial charge < -0.3 is 5.11 Å². The van der Waals surface area contributed by atoms with Crippen molar-refractivity contribution in [2.24, 2.45) is 0 Å². The molecule has 2 rings (SSSR count). The zero-order chi connectivity index (χ0) is 10.8. The van der Waals surface area contributed by atoms with Crippen molar-refractivity contribution in [3.8, 4) is 5.69 Å². The van der Waals surface area contributed by atoms with Crippen molar-refractivity contribution in [2.75, 3.05) is 0 Å².